The fourth-order valence-electron chi connectivity index (χ4n) is 6.38. The summed E-state index contributed by atoms with van der Waals surface area (Å²) in [4.78, 5) is 0. The highest BCUT2D eigenvalue weighted by molar-refractivity contribution is 5.15. The van der Waals surface area contributed by atoms with E-state index < -0.39 is 0 Å². The third-order valence-corrected chi connectivity index (χ3v) is 7.27. The van der Waals surface area contributed by atoms with Crippen LogP contribution in [0, 0.1) is 35.5 Å². The third kappa shape index (κ3) is 1.63. The van der Waals surface area contributed by atoms with E-state index in [0.717, 1.165) is 62.8 Å². The van der Waals surface area contributed by atoms with E-state index in [1.165, 1.54) is 19.3 Å². The molecule has 3 heteroatoms. The Bertz CT molecular complexity index is 387. The van der Waals surface area contributed by atoms with Crippen LogP contribution in [0.25, 0.3) is 0 Å². The number of ether oxygens (including phenoxy) is 2. The first-order valence-corrected chi connectivity index (χ1v) is 8.67. The topological polar surface area (TPSA) is 38.7 Å². The molecule has 7 unspecified atom stereocenters. The van der Waals surface area contributed by atoms with Gasteiger partial charge in [0.1, 0.15) is 0 Å². The molecule has 2 bridgehead atoms. The number of aliphatic hydroxyl groups is 1. The van der Waals surface area contributed by atoms with Gasteiger partial charge in [0.05, 0.1) is 18.3 Å². The maximum atomic E-state index is 10.9. The molecule has 0 radical (unpaired) electrons. The molecule has 7 atom stereocenters. The van der Waals surface area contributed by atoms with Crippen molar-refractivity contribution in [3.05, 3.63) is 0 Å². The van der Waals surface area contributed by atoms with Gasteiger partial charge in [0.2, 0.25) is 0 Å². The van der Waals surface area contributed by atoms with E-state index in [2.05, 4.69) is 0 Å². The Kier molecular flexibility index (Phi) is 2.61. The predicted octanol–water partition coefficient (Wildman–Crippen LogP) is 2.23. The van der Waals surface area contributed by atoms with E-state index in [9.17, 15) is 5.11 Å². The maximum absolute atomic E-state index is 10.9. The molecule has 0 aromatic rings. The Balaban J connectivity index is 1.29. The average molecular weight is 278 g/mol. The normalized spacial score (nSPS) is 58.0. The van der Waals surface area contributed by atoms with E-state index in [4.69, 9.17) is 9.47 Å². The molecule has 2 aliphatic heterocycles. The minimum absolute atomic E-state index is 0.0487. The highest BCUT2D eigenvalue weighted by Gasteiger charge is 2.67. The van der Waals surface area contributed by atoms with Gasteiger partial charge in [0.15, 0.2) is 0 Å². The Morgan fingerprint density at radius 3 is 2.55 bits per heavy atom. The van der Waals surface area contributed by atoms with Crippen LogP contribution in [-0.2, 0) is 9.47 Å². The first kappa shape index (κ1) is 12.4. The number of hydrogen-bond donors (Lipinski definition) is 1. The van der Waals surface area contributed by atoms with Gasteiger partial charge in [-0.2, -0.15) is 0 Å². The molecule has 2 saturated heterocycles. The van der Waals surface area contributed by atoms with E-state index in [1.54, 1.807) is 0 Å². The van der Waals surface area contributed by atoms with Crippen molar-refractivity contribution in [2.24, 2.45) is 35.5 Å². The van der Waals surface area contributed by atoms with E-state index in [-0.39, 0.29) is 11.7 Å². The summed E-state index contributed by atoms with van der Waals surface area (Å²) in [5.41, 5.74) is -0.0487. The lowest BCUT2D eigenvalue weighted by atomic mass is 9.79. The molecule has 0 aromatic carbocycles. The molecular weight excluding hydrogens is 252 g/mol. The lowest BCUT2D eigenvalue weighted by Gasteiger charge is -2.39. The lowest BCUT2D eigenvalue weighted by Crippen LogP contribution is -2.44. The van der Waals surface area contributed by atoms with Crippen molar-refractivity contribution < 1.29 is 14.6 Å². The quantitative estimate of drug-likeness (QED) is 0.842. The van der Waals surface area contributed by atoms with Crippen LogP contribution in [0.2, 0.25) is 0 Å². The first-order chi connectivity index (χ1) is 9.77. The molecule has 5 fully saturated rings. The highest BCUT2D eigenvalue weighted by Crippen LogP contribution is 2.71. The second kappa shape index (κ2) is 4.21. The van der Waals surface area contributed by atoms with E-state index in [0.29, 0.717) is 11.8 Å². The van der Waals surface area contributed by atoms with Gasteiger partial charge in [-0.05, 0) is 67.6 Å². The molecule has 2 heterocycles. The molecule has 5 rings (SSSR count). The van der Waals surface area contributed by atoms with Crippen LogP contribution >= 0.6 is 0 Å². The Hall–Kier alpha value is -0.120. The number of hydrogen-bond acceptors (Lipinski definition) is 3. The molecule has 3 saturated carbocycles. The molecule has 112 valence electrons. The molecule has 5 aliphatic rings. The molecule has 3 aliphatic carbocycles. The smallest absolute Gasteiger partial charge is 0.0940 e. The lowest BCUT2D eigenvalue weighted by molar-refractivity contribution is -0.120. The molecule has 1 spiro atoms. The minimum Gasteiger partial charge on any atom is -0.393 e. The monoisotopic (exact) mass is 278 g/mol. The highest BCUT2D eigenvalue weighted by atomic mass is 16.6. The van der Waals surface area contributed by atoms with Gasteiger partial charge < -0.3 is 14.6 Å². The largest absolute Gasteiger partial charge is 0.393 e. The van der Waals surface area contributed by atoms with Gasteiger partial charge in [-0.25, -0.2) is 0 Å². The maximum Gasteiger partial charge on any atom is 0.0940 e. The average Bonchev–Trinajstić information content (AvgIpc) is 2.83. The SMILES string of the molecule is OC(C1CCOC2(CCOC2)C1)C1C2C3CCC(C3)C21. The second-order valence-electron chi connectivity index (χ2n) is 8.14. The summed E-state index contributed by atoms with van der Waals surface area (Å²) in [6, 6.07) is 0. The van der Waals surface area contributed by atoms with Gasteiger partial charge in [-0.15, -0.1) is 0 Å². The Labute approximate surface area is 121 Å². The van der Waals surface area contributed by atoms with Gasteiger partial charge in [-0.3, -0.25) is 0 Å². The van der Waals surface area contributed by atoms with Crippen LogP contribution < -0.4 is 0 Å². The van der Waals surface area contributed by atoms with Crippen LogP contribution in [-0.4, -0.2) is 36.6 Å². The standard InChI is InChI=1S/C17H26O3/c18-16(15-13-10-1-2-11(7-10)14(13)15)12-3-5-20-17(8-12)4-6-19-9-17/h10-16,18H,1-9H2. The molecule has 20 heavy (non-hydrogen) atoms. The van der Waals surface area contributed by atoms with Crippen LogP contribution in [0.1, 0.15) is 38.5 Å². The summed E-state index contributed by atoms with van der Waals surface area (Å²) >= 11 is 0. The van der Waals surface area contributed by atoms with E-state index >= 15 is 0 Å². The molecule has 0 aromatic heterocycles. The van der Waals surface area contributed by atoms with Gasteiger partial charge in [-0.1, -0.05) is 0 Å². The molecule has 0 amide bonds. The number of rotatable bonds is 2. The van der Waals surface area contributed by atoms with Gasteiger partial charge in [0.25, 0.3) is 0 Å². The van der Waals surface area contributed by atoms with Crippen molar-refractivity contribution in [2.75, 3.05) is 19.8 Å². The minimum atomic E-state index is -0.0604. The van der Waals surface area contributed by atoms with E-state index in [1.807, 2.05) is 0 Å². The van der Waals surface area contributed by atoms with Crippen molar-refractivity contribution in [3.63, 3.8) is 0 Å². The fourth-order valence-corrected chi connectivity index (χ4v) is 6.38. The molecule has 3 nitrogen and oxygen atoms in total. The summed E-state index contributed by atoms with van der Waals surface area (Å²) < 4.78 is 11.6. The number of aliphatic hydroxyl groups excluding tert-OH is 1. The van der Waals surface area contributed by atoms with Crippen LogP contribution in [0.3, 0.4) is 0 Å². The Morgan fingerprint density at radius 2 is 1.85 bits per heavy atom. The van der Waals surface area contributed by atoms with Crippen LogP contribution in [0.5, 0.6) is 0 Å². The van der Waals surface area contributed by atoms with Crippen molar-refractivity contribution >= 4 is 0 Å². The summed E-state index contributed by atoms with van der Waals surface area (Å²) in [7, 11) is 0. The summed E-state index contributed by atoms with van der Waals surface area (Å²) in [6.07, 6.45) is 7.41. The van der Waals surface area contributed by atoms with Gasteiger partial charge in [0, 0.05) is 19.6 Å². The Morgan fingerprint density at radius 1 is 1.05 bits per heavy atom. The molecular formula is C17H26O3. The van der Waals surface area contributed by atoms with Crippen molar-refractivity contribution in [3.8, 4) is 0 Å². The fraction of sp³-hybridized carbons (Fsp3) is 1.00. The van der Waals surface area contributed by atoms with Crippen molar-refractivity contribution in [1.29, 1.82) is 0 Å². The van der Waals surface area contributed by atoms with Crippen LogP contribution in [0.4, 0.5) is 0 Å². The third-order valence-electron chi connectivity index (χ3n) is 7.27. The number of fused-ring (bicyclic) bond motifs is 5. The van der Waals surface area contributed by atoms with Crippen molar-refractivity contribution in [2.45, 2.75) is 50.2 Å². The summed E-state index contributed by atoms with van der Waals surface area (Å²) in [5, 5.41) is 10.9. The summed E-state index contributed by atoms with van der Waals surface area (Å²) in [5.74, 6) is 4.82. The zero-order chi connectivity index (χ0) is 13.3. The first-order valence-electron chi connectivity index (χ1n) is 8.67. The zero-order valence-electron chi connectivity index (χ0n) is 12.2. The summed E-state index contributed by atoms with van der Waals surface area (Å²) in [6.45, 7) is 2.40. The predicted molar refractivity (Wildman–Crippen MR) is 74.2 cm³/mol. The second-order valence-corrected chi connectivity index (χ2v) is 8.14. The van der Waals surface area contributed by atoms with Crippen LogP contribution in [0.15, 0.2) is 0 Å². The molecule has 1 N–H and O–H groups in total. The zero-order valence-corrected chi connectivity index (χ0v) is 12.2. The van der Waals surface area contributed by atoms with Gasteiger partial charge >= 0.3 is 0 Å². The van der Waals surface area contributed by atoms with Crippen molar-refractivity contribution in [1.82, 2.24) is 0 Å².